The molecule has 24 N–H and O–H groups in total. The molecule has 2 rings (SSSR count). The van der Waals surface area contributed by atoms with Gasteiger partial charge in [0.05, 0.1) is 31.3 Å². The van der Waals surface area contributed by atoms with Crippen LogP contribution in [0.2, 0.25) is 0 Å². The molecule has 10 atom stereocenters. The van der Waals surface area contributed by atoms with Crippen LogP contribution in [0.5, 0.6) is 0 Å². The van der Waals surface area contributed by atoms with Crippen molar-refractivity contribution >= 4 is 112 Å². The molecule has 0 unspecified atom stereocenters. The van der Waals surface area contributed by atoms with Gasteiger partial charge < -0.3 is 117 Å². The first-order valence-corrected chi connectivity index (χ1v) is 41.2. The minimum absolute atomic E-state index is 0.0304. The van der Waals surface area contributed by atoms with E-state index < -0.39 is 249 Å². The summed E-state index contributed by atoms with van der Waals surface area (Å²) in [6, 6.07) is -2.64. The van der Waals surface area contributed by atoms with E-state index in [1.807, 2.05) is 0 Å². The largest absolute Gasteiger partial charge is 0.394 e. The van der Waals surface area contributed by atoms with E-state index in [0.29, 0.717) is 6.42 Å². The summed E-state index contributed by atoms with van der Waals surface area (Å²) in [6.07, 6.45) is -0.686. The van der Waals surface area contributed by atoms with Crippen LogP contribution in [0.25, 0.3) is 0 Å². The molecule has 0 aliphatic carbocycles. The highest BCUT2D eigenvalue weighted by molar-refractivity contribution is 6.04. The van der Waals surface area contributed by atoms with Crippen LogP contribution < -0.4 is 102 Å². The van der Waals surface area contributed by atoms with Gasteiger partial charge in [0.25, 0.3) is 0 Å². The summed E-state index contributed by atoms with van der Waals surface area (Å²) in [7, 11) is 0. The van der Waals surface area contributed by atoms with Crippen molar-refractivity contribution in [2.75, 3.05) is 26.3 Å². The molecule has 0 aromatic heterocycles. The number of nitrogens with zero attached hydrogens (tertiary/aromatic N) is 1. The number of hydrogen-bond donors (Lipinski definition) is 21. The van der Waals surface area contributed by atoms with Gasteiger partial charge in [-0.2, -0.15) is 0 Å². The third-order valence-corrected chi connectivity index (χ3v) is 20.4. The molecule has 0 spiro atoms. The van der Waals surface area contributed by atoms with Crippen molar-refractivity contribution in [3.05, 3.63) is 35.9 Å². The van der Waals surface area contributed by atoms with Gasteiger partial charge >= 0.3 is 0 Å². The maximum Gasteiger partial charge on any atom is 0.248 e. The van der Waals surface area contributed by atoms with E-state index >= 15 is 0 Å². The molecule has 1 heterocycles. The zero-order valence-corrected chi connectivity index (χ0v) is 75.5. The first-order valence-electron chi connectivity index (χ1n) is 41.2. The van der Waals surface area contributed by atoms with Gasteiger partial charge in [0.1, 0.15) is 87.1 Å². The molecular weight excluding hydrogens is 1600 g/mol. The summed E-state index contributed by atoms with van der Waals surface area (Å²) in [5, 5.41) is 60.7. The molecule has 0 saturated carbocycles. The number of hydrogen-bond acceptors (Lipinski definition) is 22. The quantitative estimate of drug-likeness (QED) is 0.0295. The van der Waals surface area contributed by atoms with Crippen molar-refractivity contribution < 1.29 is 101 Å². The van der Waals surface area contributed by atoms with Crippen LogP contribution in [0.15, 0.2) is 30.3 Å². The first-order chi connectivity index (χ1) is 56.3. The van der Waals surface area contributed by atoms with Gasteiger partial charge in [0.15, 0.2) is 0 Å². The second-order valence-electron chi connectivity index (χ2n) is 36.6. The van der Waals surface area contributed by atoms with E-state index in [-0.39, 0.29) is 63.3 Å². The Morgan fingerprint density at radius 3 is 1.34 bits per heavy atom. The number of carbonyl (C=O) groups is 19. The highest BCUT2D eigenvalue weighted by Gasteiger charge is 2.47. The molecule has 1 aromatic rings. The second-order valence-corrected chi connectivity index (χ2v) is 36.6. The number of carbonyl (C=O) groups excluding carboxylic acids is 19. The van der Waals surface area contributed by atoms with Gasteiger partial charge in [-0.1, -0.05) is 78.8 Å². The highest BCUT2D eigenvalue weighted by Crippen LogP contribution is 2.25. The maximum atomic E-state index is 14.6. The van der Waals surface area contributed by atoms with E-state index in [2.05, 4.69) is 85.1 Å². The number of likely N-dealkylation sites (tertiary alicyclic amines) is 1. The molecule has 123 heavy (non-hydrogen) atoms. The van der Waals surface area contributed by atoms with E-state index in [9.17, 15) is 101 Å². The lowest BCUT2D eigenvalue weighted by Crippen LogP contribution is -2.67. The van der Waals surface area contributed by atoms with Crippen LogP contribution in [0, 0.1) is 17.8 Å². The van der Waals surface area contributed by atoms with Crippen LogP contribution in [0.1, 0.15) is 223 Å². The maximum absolute atomic E-state index is 14.6. The molecule has 41 nitrogen and oxygen atoms in total. The molecule has 41 heteroatoms. The lowest BCUT2D eigenvalue weighted by atomic mass is 9.93. The van der Waals surface area contributed by atoms with Gasteiger partial charge in [-0.25, -0.2) is 0 Å². The zero-order chi connectivity index (χ0) is 94.8. The number of rotatable bonds is 49. The Kier molecular flexibility index (Phi) is 40.4. The average Bonchev–Trinajstić information content (AvgIpc) is 1.45. The van der Waals surface area contributed by atoms with Crippen LogP contribution in [-0.4, -0.2) is 252 Å². The fourth-order valence-electron chi connectivity index (χ4n) is 12.3. The molecule has 0 bridgehead atoms. The predicted octanol–water partition coefficient (Wildman–Crippen LogP) is -4.11. The molecule has 1 aliphatic rings. The third-order valence-electron chi connectivity index (χ3n) is 20.4. The second kappa shape index (κ2) is 46.0. The SMILES string of the molecule is CC[C@](C)(NC(=O)C(C)(C)NC(=O)[C@H](C)NC(=O)[C@H](CO)NC(=O)C(C)(C)N)C(=O)N[C@@H](CCC(N)=O)C(=O)NC(C)(C)C(=O)N[C@H](C(=O)NC(C)(C)C(=O)NCC(=O)N[C@@H](CC(C)C)C(=O)NC(C)(C)C(=O)N1CCC[C@H]1C(=O)N[C@@H](CC(C)C)C(=O)NC(C)(C)C(=O)NC(C)(C)C(=O)N[C@@H](CCC(N)=O)C(=O)N[C@H](CO)Cc1ccccc1)C(C)C. The molecule has 1 aromatic carbocycles. The standard InChI is InChI=1S/C82H138N20O21/c1-24-82(23,101-72(121)80(19,20)95-59(108)46(8)87-61(110)53(42-104)93-67(116)75(9,10)85)73(122)92-50(33-35-56(84)106)62(111)96-77(13,14)70(119)94-58(45(6)7)66(115)99-76(11,12)68(117)86-40-57(107)89-51(37-43(2)3)63(112)98-81(21,22)74(123)102-36-28-31-54(102)65(114)90-52(38-44(4)5)64(113)97-79(17,18)71(120)100-78(15,16)69(118)91-49(32-34-55(83)105)60(109)88-48(41-103)39-47-29-26-25-27-30-47/h25-27,29-30,43-46,48-54,58,103-104H,24,28,31-42,85H2,1-23H3,(H2,83,105)(H2,84,106)(H,86,117)(H,87,110)(H,88,109)(H,89,107)(H,90,114)(H,91,118)(H,92,122)(H,93,116)(H,94,119)(H,95,108)(H,96,111)(H,97,113)(H,98,112)(H,99,115)(H,100,120)(H,101,121)/t46-,48-,49-,50-,51-,52-,53-,54-,58-,82-/m0/s1. The molecule has 1 saturated heterocycles. The highest BCUT2D eigenvalue weighted by atomic mass is 16.3. The normalized spacial score (nSPS) is 15.8. The number of nitrogens with two attached hydrogens (primary N) is 3. The fraction of sp³-hybridized carbons (Fsp3) is 0.695. The molecule has 1 aliphatic heterocycles. The molecule has 0 radical (unpaired) electrons. The van der Waals surface area contributed by atoms with E-state index in [4.69, 9.17) is 17.2 Å². The summed E-state index contributed by atoms with van der Waals surface area (Å²) in [5.74, 6) is -17.3. The van der Waals surface area contributed by atoms with Crippen molar-refractivity contribution in [2.45, 2.75) is 322 Å². The number of aliphatic hydroxyl groups excluding tert-OH is 2. The lowest BCUT2D eigenvalue weighted by molar-refractivity contribution is -0.145. The smallest absolute Gasteiger partial charge is 0.248 e. The Hall–Kier alpha value is -11.0. The van der Waals surface area contributed by atoms with Crippen molar-refractivity contribution in [1.82, 2.24) is 90.0 Å². The molecule has 1 fully saturated rings. The topological polar surface area (TPSA) is 639 Å². The molecule has 19 amide bonds. The summed E-state index contributed by atoms with van der Waals surface area (Å²) < 4.78 is 0. The van der Waals surface area contributed by atoms with E-state index in [0.717, 1.165) is 5.56 Å². The number of amides is 19. The average molecular weight is 1740 g/mol. The Balaban J connectivity index is 2.19. The predicted molar refractivity (Wildman–Crippen MR) is 452 cm³/mol. The van der Waals surface area contributed by atoms with Crippen molar-refractivity contribution in [1.29, 1.82) is 0 Å². The number of primary amides is 2. The first kappa shape index (κ1) is 108. The van der Waals surface area contributed by atoms with Crippen LogP contribution >= 0.6 is 0 Å². The fourth-order valence-corrected chi connectivity index (χ4v) is 12.3. The molecular formula is C82H138N20O21. The van der Waals surface area contributed by atoms with Crippen LogP contribution in [-0.2, 0) is 97.5 Å². The molecule has 692 valence electrons. The van der Waals surface area contributed by atoms with Crippen molar-refractivity contribution in [2.24, 2.45) is 35.0 Å². The summed E-state index contributed by atoms with van der Waals surface area (Å²) in [6.45, 7) is 31.1. The Labute approximate surface area is 719 Å². The number of aliphatic hydroxyl groups is 2. The minimum atomic E-state index is -1.90. The van der Waals surface area contributed by atoms with Gasteiger partial charge in [-0.3, -0.25) is 91.1 Å². The Morgan fingerprint density at radius 2 is 0.862 bits per heavy atom. The van der Waals surface area contributed by atoms with Crippen molar-refractivity contribution in [3.8, 4) is 0 Å². The summed E-state index contributed by atoms with van der Waals surface area (Å²) in [4.78, 5) is 261. The monoisotopic (exact) mass is 1740 g/mol. The minimum Gasteiger partial charge on any atom is -0.394 e. The van der Waals surface area contributed by atoms with Gasteiger partial charge in [-0.05, 0) is 185 Å². The van der Waals surface area contributed by atoms with E-state index in [1.54, 1.807) is 71.9 Å². The van der Waals surface area contributed by atoms with Gasteiger partial charge in [-0.15, -0.1) is 0 Å². The Morgan fingerprint density at radius 1 is 0.439 bits per heavy atom. The Bertz CT molecular complexity index is 3990. The van der Waals surface area contributed by atoms with Crippen LogP contribution in [0.3, 0.4) is 0 Å². The summed E-state index contributed by atoms with van der Waals surface area (Å²) >= 11 is 0. The van der Waals surface area contributed by atoms with Crippen LogP contribution in [0.4, 0.5) is 0 Å². The lowest BCUT2D eigenvalue weighted by Gasteiger charge is -2.35. The van der Waals surface area contributed by atoms with Gasteiger partial charge in [0.2, 0.25) is 112 Å². The van der Waals surface area contributed by atoms with E-state index in [1.165, 1.54) is 123 Å². The van der Waals surface area contributed by atoms with Gasteiger partial charge in [0, 0.05) is 19.4 Å². The number of benzene rings is 1. The number of nitrogens with one attached hydrogen (secondary N) is 16. The third kappa shape index (κ3) is 34.3. The van der Waals surface area contributed by atoms with Crippen molar-refractivity contribution in [3.63, 3.8) is 0 Å². The zero-order valence-electron chi connectivity index (χ0n) is 75.5. The summed E-state index contributed by atoms with van der Waals surface area (Å²) in [5.41, 5.74) is 3.44.